The Balaban J connectivity index is 2.15. The molecule has 0 unspecified atom stereocenters. The second kappa shape index (κ2) is 5.32. The Labute approximate surface area is 117 Å². The van der Waals surface area contributed by atoms with Crippen LogP contribution in [0.25, 0.3) is 11.3 Å². The maximum atomic E-state index is 11.7. The van der Waals surface area contributed by atoms with Gasteiger partial charge in [-0.25, -0.2) is 4.79 Å². The molecule has 0 saturated carbocycles. The van der Waals surface area contributed by atoms with Gasteiger partial charge >= 0.3 is 6.09 Å². The third kappa shape index (κ3) is 3.57. The van der Waals surface area contributed by atoms with Gasteiger partial charge in [-0.3, -0.25) is 15.0 Å². The predicted octanol–water partition coefficient (Wildman–Crippen LogP) is 2.83. The Hall–Kier alpha value is -2.37. The molecule has 0 atom stereocenters. The Morgan fingerprint density at radius 1 is 1.40 bits per heavy atom. The molecule has 0 aliphatic rings. The zero-order valence-corrected chi connectivity index (χ0v) is 12.0. The number of carbonyl (C=O) groups is 1. The normalized spacial score (nSPS) is 11.2. The Bertz CT molecular complexity index is 599. The van der Waals surface area contributed by atoms with Gasteiger partial charge in [0.05, 0.1) is 5.69 Å². The number of rotatable bonds is 2. The number of aryl methyl sites for hydroxylation is 1. The molecule has 6 nitrogen and oxygen atoms in total. The van der Waals surface area contributed by atoms with Gasteiger partial charge in [-0.1, -0.05) is 0 Å². The quantitative estimate of drug-likeness (QED) is 0.914. The molecule has 0 bridgehead atoms. The fourth-order valence-electron chi connectivity index (χ4n) is 1.65. The number of hydrogen-bond acceptors (Lipinski definition) is 4. The fourth-order valence-corrected chi connectivity index (χ4v) is 1.65. The van der Waals surface area contributed by atoms with Crippen molar-refractivity contribution in [1.82, 2.24) is 14.8 Å². The first-order valence-corrected chi connectivity index (χ1v) is 6.29. The van der Waals surface area contributed by atoms with E-state index in [1.165, 1.54) is 0 Å². The molecular formula is C14H18N4O2. The minimum Gasteiger partial charge on any atom is -0.444 e. The summed E-state index contributed by atoms with van der Waals surface area (Å²) in [4.78, 5) is 15.8. The highest BCUT2D eigenvalue weighted by Gasteiger charge is 2.17. The van der Waals surface area contributed by atoms with E-state index in [0.29, 0.717) is 5.82 Å². The summed E-state index contributed by atoms with van der Waals surface area (Å²) in [6, 6.07) is 5.53. The molecular weight excluding hydrogens is 256 g/mol. The van der Waals surface area contributed by atoms with Gasteiger partial charge in [0.15, 0.2) is 0 Å². The first-order chi connectivity index (χ1) is 9.35. The van der Waals surface area contributed by atoms with E-state index in [9.17, 15) is 4.79 Å². The first kappa shape index (κ1) is 14.0. The van der Waals surface area contributed by atoms with Crippen LogP contribution in [0.15, 0.2) is 30.6 Å². The van der Waals surface area contributed by atoms with E-state index < -0.39 is 11.7 Å². The van der Waals surface area contributed by atoms with Gasteiger partial charge in [0.1, 0.15) is 11.4 Å². The zero-order valence-electron chi connectivity index (χ0n) is 12.0. The number of pyridine rings is 1. The maximum Gasteiger partial charge on any atom is 0.413 e. The van der Waals surface area contributed by atoms with E-state index in [0.717, 1.165) is 11.3 Å². The number of nitrogens with zero attached hydrogens (tertiary/aromatic N) is 3. The minimum absolute atomic E-state index is 0.502. The molecule has 0 fully saturated rings. The van der Waals surface area contributed by atoms with Crippen LogP contribution in [0.5, 0.6) is 0 Å². The number of ether oxygens (including phenoxy) is 1. The zero-order chi connectivity index (χ0) is 14.8. The highest BCUT2D eigenvalue weighted by atomic mass is 16.6. The van der Waals surface area contributed by atoms with Crippen molar-refractivity contribution in [3.8, 4) is 11.3 Å². The van der Waals surface area contributed by atoms with Gasteiger partial charge in [-0.05, 0) is 32.9 Å². The van der Waals surface area contributed by atoms with Crippen molar-refractivity contribution in [2.24, 2.45) is 7.05 Å². The summed E-state index contributed by atoms with van der Waals surface area (Å²) in [5.41, 5.74) is 1.10. The van der Waals surface area contributed by atoms with Crippen molar-refractivity contribution in [2.75, 3.05) is 5.32 Å². The van der Waals surface area contributed by atoms with Crippen LogP contribution in [0.3, 0.4) is 0 Å². The van der Waals surface area contributed by atoms with Crippen molar-refractivity contribution in [3.05, 3.63) is 30.6 Å². The minimum atomic E-state index is -0.533. The van der Waals surface area contributed by atoms with E-state index in [4.69, 9.17) is 4.74 Å². The average Bonchev–Trinajstić information content (AvgIpc) is 2.70. The standard InChI is InChI=1S/C14H18N4O2/c1-14(2,3)20-13(19)16-12-8-11(17-18(12)4)10-6-5-7-15-9-10/h5-9H,1-4H3,(H,16,19). The maximum absolute atomic E-state index is 11.7. The van der Waals surface area contributed by atoms with Crippen LogP contribution in [-0.2, 0) is 11.8 Å². The molecule has 0 aromatic carbocycles. The smallest absolute Gasteiger partial charge is 0.413 e. The van der Waals surface area contributed by atoms with Gasteiger partial charge in [-0.15, -0.1) is 0 Å². The molecule has 1 N–H and O–H groups in total. The van der Waals surface area contributed by atoms with Gasteiger partial charge < -0.3 is 4.74 Å². The lowest BCUT2D eigenvalue weighted by Crippen LogP contribution is -2.27. The second-order valence-electron chi connectivity index (χ2n) is 5.41. The first-order valence-electron chi connectivity index (χ1n) is 6.29. The molecule has 0 spiro atoms. The summed E-state index contributed by atoms with van der Waals surface area (Å²) in [5.74, 6) is 0.568. The molecule has 106 valence electrons. The van der Waals surface area contributed by atoms with Gasteiger partial charge in [0.2, 0.25) is 0 Å². The molecule has 2 aromatic rings. The molecule has 6 heteroatoms. The van der Waals surface area contributed by atoms with Crippen LogP contribution in [0.2, 0.25) is 0 Å². The van der Waals surface area contributed by atoms with Crippen LogP contribution in [-0.4, -0.2) is 26.5 Å². The van der Waals surface area contributed by atoms with Crippen LogP contribution >= 0.6 is 0 Å². The molecule has 2 aromatic heterocycles. The van der Waals surface area contributed by atoms with Gasteiger partial charge in [0.25, 0.3) is 0 Å². The third-order valence-corrected chi connectivity index (χ3v) is 2.47. The average molecular weight is 274 g/mol. The van der Waals surface area contributed by atoms with Crippen LogP contribution in [0.1, 0.15) is 20.8 Å². The van der Waals surface area contributed by atoms with E-state index in [1.54, 1.807) is 30.2 Å². The predicted molar refractivity (Wildman–Crippen MR) is 76.3 cm³/mol. The number of aromatic nitrogens is 3. The number of hydrogen-bond donors (Lipinski definition) is 1. The second-order valence-corrected chi connectivity index (χ2v) is 5.41. The lowest BCUT2D eigenvalue weighted by atomic mass is 10.2. The Morgan fingerprint density at radius 2 is 2.15 bits per heavy atom. The third-order valence-electron chi connectivity index (χ3n) is 2.47. The number of amides is 1. The van der Waals surface area contributed by atoms with Crippen molar-refractivity contribution in [3.63, 3.8) is 0 Å². The molecule has 2 rings (SSSR count). The number of carbonyl (C=O) groups excluding carboxylic acids is 1. The molecule has 0 aliphatic carbocycles. The SMILES string of the molecule is Cn1nc(-c2cccnc2)cc1NC(=O)OC(C)(C)C. The highest BCUT2D eigenvalue weighted by Crippen LogP contribution is 2.20. The summed E-state index contributed by atoms with van der Waals surface area (Å²) < 4.78 is 6.80. The summed E-state index contributed by atoms with van der Waals surface area (Å²) in [7, 11) is 1.76. The van der Waals surface area contributed by atoms with E-state index in [-0.39, 0.29) is 0 Å². The summed E-state index contributed by atoms with van der Waals surface area (Å²) >= 11 is 0. The molecule has 0 radical (unpaired) electrons. The largest absolute Gasteiger partial charge is 0.444 e. The highest BCUT2D eigenvalue weighted by molar-refractivity contribution is 5.84. The fraction of sp³-hybridized carbons (Fsp3) is 0.357. The lowest BCUT2D eigenvalue weighted by molar-refractivity contribution is 0.0634. The Morgan fingerprint density at radius 3 is 2.75 bits per heavy atom. The van der Waals surface area contributed by atoms with Crippen LogP contribution in [0.4, 0.5) is 10.6 Å². The van der Waals surface area contributed by atoms with Crippen molar-refractivity contribution in [2.45, 2.75) is 26.4 Å². The topological polar surface area (TPSA) is 69.0 Å². The van der Waals surface area contributed by atoms with E-state index >= 15 is 0 Å². The number of nitrogens with one attached hydrogen (secondary N) is 1. The molecule has 20 heavy (non-hydrogen) atoms. The molecule has 0 saturated heterocycles. The molecule has 2 heterocycles. The van der Waals surface area contributed by atoms with Crippen molar-refractivity contribution < 1.29 is 9.53 Å². The van der Waals surface area contributed by atoms with Crippen LogP contribution in [0, 0.1) is 0 Å². The van der Waals surface area contributed by atoms with E-state index in [1.807, 2.05) is 32.9 Å². The summed E-state index contributed by atoms with van der Waals surface area (Å²) in [6.07, 6.45) is 2.92. The van der Waals surface area contributed by atoms with Crippen molar-refractivity contribution >= 4 is 11.9 Å². The van der Waals surface area contributed by atoms with Gasteiger partial charge in [0, 0.05) is 31.1 Å². The summed E-state index contributed by atoms with van der Waals surface area (Å²) in [6.45, 7) is 5.45. The van der Waals surface area contributed by atoms with Gasteiger partial charge in [-0.2, -0.15) is 5.10 Å². The number of anilines is 1. The van der Waals surface area contributed by atoms with Crippen LogP contribution < -0.4 is 5.32 Å². The monoisotopic (exact) mass is 274 g/mol. The Kier molecular flexibility index (Phi) is 3.74. The molecule has 1 amide bonds. The lowest BCUT2D eigenvalue weighted by Gasteiger charge is -2.19. The van der Waals surface area contributed by atoms with E-state index in [2.05, 4.69) is 15.4 Å². The van der Waals surface area contributed by atoms with Crippen molar-refractivity contribution in [1.29, 1.82) is 0 Å². The summed E-state index contributed by atoms with van der Waals surface area (Å²) in [5, 5.41) is 7.01. The molecule has 0 aliphatic heterocycles.